The molecule has 3 N–H and O–H groups in total. The van der Waals surface area contributed by atoms with Gasteiger partial charge in [0.15, 0.2) is 6.29 Å². The van der Waals surface area contributed by atoms with Crippen LogP contribution in [0.1, 0.15) is 41.7 Å². The first-order chi connectivity index (χ1) is 15.0. The highest BCUT2D eigenvalue weighted by Gasteiger charge is 2.34. The molecule has 170 valence electrons. The third-order valence-corrected chi connectivity index (χ3v) is 7.76. The van der Waals surface area contributed by atoms with Crippen LogP contribution in [0, 0.1) is 0 Å². The maximum absolute atomic E-state index is 13.3. The van der Waals surface area contributed by atoms with Crippen LogP contribution in [0.15, 0.2) is 53.4 Å². The van der Waals surface area contributed by atoms with E-state index in [0.717, 1.165) is 42.4 Å². The molecule has 0 bridgehead atoms. The van der Waals surface area contributed by atoms with Crippen LogP contribution >= 0.6 is 22.9 Å². The number of rotatable bonds is 6. The first kappa shape index (κ1) is 23.1. The lowest BCUT2D eigenvalue weighted by molar-refractivity contribution is -0.137. The second-order valence-electron chi connectivity index (χ2n) is 7.41. The van der Waals surface area contributed by atoms with Gasteiger partial charge in [-0.15, -0.1) is 11.3 Å². The Labute approximate surface area is 191 Å². The average molecular weight is 504 g/mol. The van der Waals surface area contributed by atoms with Gasteiger partial charge in [-0.25, -0.2) is 8.42 Å². The van der Waals surface area contributed by atoms with Crippen LogP contribution in [0.4, 0.5) is 18.9 Å². The smallest absolute Gasteiger partial charge is 0.364 e. The number of hydrogen-bond acceptors (Lipinski definition) is 5. The van der Waals surface area contributed by atoms with Crippen LogP contribution < -0.4 is 4.72 Å². The number of hydrogen-bond donors (Lipinski definition) is 3. The molecule has 0 amide bonds. The predicted octanol–water partition coefficient (Wildman–Crippen LogP) is 5.75. The number of alkyl halides is 3. The van der Waals surface area contributed by atoms with E-state index in [2.05, 4.69) is 4.72 Å². The Bertz CT molecular complexity index is 1270. The number of anilines is 1. The summed E-state index contributed by atoms with van der Waals surface area (Å²) in [6.07, 6.45) is -5.03. The third-order valence-electron chi connectivity index (χ3n) is 5.07. The fourth-order valence-electron chi connectivity index (χ4n) is 3.35. The summed E-state index contributed by atoms with van der Waals surface area (Å²) in [5.74, 6) is -0.0106. The molecule has 4 rings (SSSR count). The second-order valence-corrected chi connectivity index (χ2v) is 10.8. The normalized spacial score (nSPS) is 14.7. The van der Waals surface area contributed by atoms with Gasteiger partial charge in [-0.05, 0) is 54.7 Å². The number of sulfonamides is 1. The van der Waals surface area contributed by atoms with Crippen molar-refractivity contribution in [2.24, 2.45) is 0 Å². The highest BCUT2D eigenvalue weighted by atomic mass is 35.5. The van der Waals surface area contributed by atoms with Crippen molar-refractivity contribution < 1.29 is 31.8 Å². The van der Waals surface area contributed by atoms with E-state index in [-0.39, 0.29) is 27.6 Å². The van der Waals surface area contributed by atoms with Crippen molar-refractivity contribution in [2.45, 2.75) is 36.1 Å². The lowest BCUT2D eigenvalue weighted by atomic mass is 10.1. The zero-order valence-corrected chi connectivity index (χ0v) is 18.6. The number of aliphatic hydroxyl groups is 2. The van der Waals surface area contributed by atoms with Crippen molar-refractivity contribution in [2.75, 3.05) is 4.72 Å². The van der Waals surface area contributed by atoms with E-state index in [0.29, 0.717) is 14.8 Å². The molecule has 0 aliphatic heterocycles. The highest BCUT2D eigenvalue weighted by Crippen LogP contribution is 2.45. The standard InChI is InChI=1S/C21H17ClF3NO4S2/c22-19-8-7-17(31-19)15-6-4-13(21(23,24)25)10-16(15)26-32(29,30)18-9-12(20(27)28)3-5-14(18)11-1-2-11/h3-11,20,26-28H,1-2H2. The molecule has 0 radical (unpaired) electrons. The minimum atomic E-state index is -4.67. The van der Waals surface area contributed by atoms with E-state index in [1.807, 2.05) is 0 Å². The van der Waals surface area contributed by atoms with Crippen LogP contribution in [0.25, 0.3) is 10.4 Å². The fraction of sp³-hybridized carbons (Fsp3) is 0.238. The number of benzene rings is 2. The molecule has 1 aliphatic carbocycles. The summed E-state index contributed by atoms with van der Waals surface area (Å²) in [4.78, 5) is 0.293. The molecule has 5 nitrogen and oxygen atoms in total. The summed E-state index contributed by atoms with van der Waals surface area (Å²) in [7, 11) is -4.36. The summed E-state index contributed by atoms with van der Waals surface area (Å²) in [5.41, 5.74) is -0.581. The topological polar surface area (TPSA) is 86.6 Å². The van der Waals surface area contributed by atoms with Gasteiger partial charge in [0.25, 0.3) is 10.0 Å². The minimum Gasteiger partial charge on any atom is -0.364 e. The summed E-state index contributed by atoms with van der Waals surface area (Å²) in [6.45, 7) is 0. The van der Waals surface area contributed by atoms with Crippen LogP contribution in [0.5, 0.6) is 0 Å². The summed E-state index contributed by atoms with van der Waals surface area (Å²) in [5, 5.41) is 18.9. The Morgan fingerprint density at radius 3 is 2.34 bits per heavy atom. The van der Waals surface area contributed by atoms with Crippen LogP contribution in [0.2, 0.25) is 4.34 Å². The maximum atomic E-state index is 13.3. The Morgan fingerprint density at radius 2 is 1.78 bits per heavy atom. The molecule has 0 unspecified atom stereocenters. The zero-order valence-electron chi connectivity index (χ0n) is 16.2. The SMILES string of the molecule is O=S(=O)(Nc1cc(C(F)(F)F)ccc1-c1ccc(Cl)s1)c1cc(C(O)O)ccc1C1CC1. The van der Waals surface area contributed by atoms with Crippen molar-refractivity contribution in [3.63, 3.8) is 0 Å². The third kappa shape index (κ3) is 4.79. The van der Waals surface area contributed by atoms with E-state index in [1.54, 1.807) is 12.1 Å². The second kappa shape index (κ2) is 8.35. The molecule has 2 aromatic carbocycles. The first-order valence-corrected chi connectivity index (χ1v) is 12.1. The van der Waals surface area contributed by atoms with Crippen LogP contribution in [-0.2, 0) is 16.2 Å². The molecular weight excluding hydrogens is 487 g/mol. The highest BCUT2D eigenvalue weighted by molar-refractivity contribution is 7.92. The van der Waals surface area contributed by atoms with Crippen molar-refractivity contribution in [3.8, 4) is 10.4 Å². The molecule has 0 spiro atoms. The van der Waals surface area contributed by atoms with Gasteiger partial charge in [0.05, 0.1) is 20.5 Å². The van der Waals surface area contributed by atoms with Crippen molar-refractivity contribution >= 4 is 38.6 Å². The molecule has 3 aromatic rings. The number of thiophene rings is 1. The van der Waals surface area contributed by atoms with E-state index < -0.39 is 28.1 Å². The lowest BCUT2D eigenvalue weighted by Crippen LogP contribution is -2.17. The van der Waals surface area contributed by atoms with Crippen LogP contribution in [-0.4, -0.2) is 18.6 Å². The van der Waals surface area contributed by atoms with E-state index in [9.17, 15) is 31.8 Å². The maximum Gasteiger partial charge on any atom is 0.416 e. The molecule has 11 heteroatoms. The van der Waals surface area contributed by atoms with Gasteiger partial charge in [-0.1, -0.05) is 29.8 Å². The largest absolute Gasteiger partial charge is 0.416 e. The Balaban J connectivity index is 1.83. The zero-order chi connectivity index (χ0) is 23.3. The summed E-state index contributed by atoms with van der Waals surface area (Å²) < 4.78 is 69.3. The van der Waals surface area contributed by atoms with Gasteiger partial charge in [0.2, 0.25) is 0 Å². The first-order valence-electron chi connectivity index (χ1n) is 9.45. The Hall–Kier alpha value is -2.11. The molecule has 1 heterocycles. The quantitative estimate of drug-likeness (QED) is 0.374. The van der Waals surface area contributed by atoms with Gasteiger partial charge < -0.3 is 10.2 Å². The molecule has 32 heavy (non-hydrogen) atoms. The van der Waals surface area contributed by atoms with Gasteiger partial charge in [-0.2, -0.15) is 13.2 Å². The molecule has 1 saturated carbocycles. The Kier molecular flexibility index (Phi) is 6.01. The molecular formula is C21H17ClF3NO4S2. The van der Waals surface area contributed by atoms with Crippen molar-refractivity contribution in [1.82, 2.24) is 0 Å². The van der Waals surface area contributed by atoms with Gasteiger partial charge >= 0.3 is 6.18 Å². The minimum absolute atomic E-state index is 0.0106. The molecule has 1 fully saturated rings. The Morgan fingerprint density at radius 1 is 1.06 bits per heavy atom. The molecule has 0 saturated heterocycles. The van der Waals surface area contributed by atoms with E-state index in [4.69, 9.17) is 11.6 Å². The average Bonchev–Trinajstić information content (AvgIpc) is 3.47. The molecule has 0 atom stereocenters. The predicted molar refractivity (Wildman–Crippen MR) is 116 cm³/mol. The fourth-order valence-corrected chi connectivity index (χ4v) is 5.84. The number of nitrogens with one attached hydrogen (secondary N) is 1. The van der Waals surface area contributed by atoms with Gasteiger partial charge in [0.1, 0.15) is 0 Å². The van der Waals surface area contributed by atoms with Crippen molar-refractivity contribution in [3.05, 3.63) is 69.6 Å². The van der Waals surface area contributed by atoms with Gasteiger partial charge in [0, 0.05) is 16.0 Å². The van der Waals surface area contributed by atoms with Crippen molar-refractivity contribution in [1.29, 1.82) is 0 Å². The monoisotopic (exact) mass is 503 g/mol. The van der Waals surface area contributed by atoms with Gasteiger partial charge in [-0.3, -0.25) is 4.72 Å². The summed E-state index contributed by atoms with van der Waals surface area (Å²) in [6, 6.07) is 10.0. The number of halogens is 4. The van der Waals surface area contributed by atoms with E-state index >= 15 is 0 Å². The van der Waals surface area contributed by atoms with Crippen LogP contribution in [0.3, 0.4) is 0 Å². The van der Waals surface area contributed by atoms with E-state index in [1.165, 1.54) is 18.2 Å². The molecule has 1 aromatic heterocycles. The lowest BCUT2D eigenvalue weighted by Gasteiger charge is -2.17. The number of aliphatic hydroxyl groups excluding tert-OH is 1. The molecule has 1 aliphatic rings. The summed E-state index contributed by atoms with van der Waals surface area (Å²) >= 11 is 7.06.